The van der Waals surface area contributed by atoms with Crippen LogP contribution in [0.25, 0.3) is 0 Å². The van der Waals surface area contributed by atoms with Gasteiger partial charge in [-0.3, -0.25) is 9.97 Å². The smallest absolute Gasteiger partial charge is 0.0560 e. The molecule has 8 atom stereocenters. The fraction of sp³-hybridized carbons (Fsp3) is 0.783. The van der Waals surface area contributed by atoms with Gasteiger partial charge in [0.25, 0.3) is 0 Å². The zero-order valence-corrected chi connectivity index (χ0v) is 37.5. The van der Waals surface area contributed by atoms with E-state index >= 15 is 0 Å². The van der Waals surface area contributed by atoms with Crippen molar-refractivity contribution in [3.05, 3.63) is 47.0 Å². The molecule has 4 heterocycles. The lowest BCUT2D eigenvalue weighted by atomic mass is 9.89. The van der Waals surface area contributed by atoms with Crippen LogP contribution in [0, 0.1) is 0 Å². The predicted octanol–water partition coefficient (Wildman–Crippen LogP) is 5.37. The number of rotatable bonds is 8. The van der Waals surface area contributed by atoms with E-state index in [1.807, 2.05) is 23.5 Å². The minimum absolute atomic E-state index is 0.503. The number of aromatic nitrogens is 2. The molecule has 4 fully saturated rings. The molecule has 4 aliphatic carbocycles. The molecule has 2 aromatic heterocycles. The fourth-order valence-electron chi connectivity index (χ4n) is 10.8. The molecular formula is C46H76N10OS2. The van der Waals surface area contributed by atoms with E-state index in [0.29, 0.717) is 48.3 Å². The lowest BCUT2D eigenvalue weighted by Crippen LogP contribution is -2.53. The van der Waals surface area contributed by atoms with Crippen molar-refractivity contribution < 1.29 is 4.74 Å². The van der Waals surface area contributed by atoms with Gasteiger partial charge < -0.3 is 47.3 Å². The van der Waals surface area contributed by atoms with Crippen LogP contribution in [0.1, 0.15) is 126 Å². The van der Waals surface area contributed by atoms with Crippen molar-refractivity contribution in [2.24, 2.45) is 0 Å². The van der Waals surface area contributed by atoms with E-state index in [9.17, 15) is 0 Å². The molecule has 11 nitrogen and oxygen atoms in total. The van der Waals surface area contributed by atoms with Gasteiger partial charge >= 0.3 is 0 Å². The Morgan fingerprint density at radius 1 is 0.390 bits per heavy atom. The minimum Gasteiger partial charge on any atom is -0.380 e. The molecule has 0 radical (unpaired) electrons. The molecule has 0 saturated heterocycles. The Morgan fingerprint density at radius 2 is 0.644 bits per heavy atom. The van der Waals surface area contributed by atoms with Gasteiger partial charge in [0.05, 0.1) is 36.0 Å². The first-order valence-electron chi connectivity index (χ1n) is 23.9. The average molecular weight is 849 g/mol. The highest BCUT2D eigenvalue weighted by Crippen LogP contribution is 2.26. The van der Waals surface area contributed by atoms with Crippen LogP contribution in [0.2, 0.25) is 0 Å². The number of hydrogen-bond donors (Lipinski definition) is 8. The molecule has 6 aliphatic rings. The third-order valence-electron chi connectivity index (χ3n) is 13.9. The van der Waals surface area contributed by atoms with Crippen LogP contribution in [0.5, 0.6) is 0 Å². The third kappa shape index (κ3) is 13.8. The monoisotopic (exact) mass is 849 g/mol. The quantitative estimate of drug-likeness (QED) is 0.128. The zero-order chi connectivity index (χ0) is 39.9. The predicted molar refractivity (Wildman–Crippen MR) is 244 cm³/mol. The van der Waals surface area contributed by atoms with E-state index in [1.165, 1.54) is 113 Å². The molecule has 0 amide bonds. The summed E-state index contributed by atoms with van der Waals surface area (Å²) >= 11 is 3.82. The molecule has 13 heteroatoms. The van der Waals surface area contributed by atoms with E-state index in [4.69, 9.17) is 14.7 Å². The summed E-state index contributed by atoms with van der Waals surface area (Å²) in [6.07, 6.45) is 20.5. The van der Waals surface area contributed by atoms with Crippen LogP contribution >= 0.6 is 23.5 Å². The van der Waals surface area contributed by atoms with Crippen molar-refractivity contribution in [2.75, 3.05) is 50.9 Å². The van der Waals surface area contributed by atoms with Crippen LogP contribution in [-0.2, 0) is 30.9 Å². The lowest BCUT2D eigenvalue weighted by Gasteiger charge is -2.34. The molecule has 4 bridgehead atoms. The summed E-state index contributed by atoms with van der Waals surface area (Å²) in [5, 5.41) is 31.3. The maximum Gasteiger partial charge on any atom is 0.0560 e. The number of fused-ring (bicyclic) bond motifs is 8. The van der Waals surface area contributed by atoms with Gasteiger partial charge in [0.2, 0.25) is 0 Å². The standard InChI is InChI=1S/C46H76N10OS2/c1-5-13-43-39(9-1)47-17-18-48-40-10-2-6-14-44(40)52-30-34-26-37(25-33(55-34)29-51-43)58-23-21-57-22-24-59-38-27-35-31-53-45-15-7-3-11-41(45)49-19-20-50-42-12-4-8-16-46(42)54-32-36(28-38)56-35/h25-28,39-54H,1-24,29-32H2/t39-,40-,41-,42-,43-,44-,45-,46-/m1/s1. The van der Waals surface area contributed by atoms with Gasteiger partial charge in [-0.1, -0.05) is 51.4 Å². The molecule has 0 unspecified atom stereocenters. The maximum atomic E-state index is 6.26. The van der Waals surface area contributed by atoms with Crippen molar-refractivity contribution >= 4 is 23.5 Å². The Bertz CT molecular complexity index is 1350. The Morgan fingerprint density at radius 3 is 0.915 bits per heavy atom. The van der Waals surface area contributed by atoms with Crippen LogP contribution in [0.3, 0.4) is 0 Å². The van der Waals surface area contributed by atoms with E-state index < -0.39 is 0 Å². The number of pyridine rings is 2. The van der Waals surface area contributed by atoms with Gasteiger partial charge in [-0.2, -0.15) is 0 Å². The molecule has 0 spiro atoms. The van der Waals surface area contributed by atoms with Crippen molar-refractivity contribution in [3.63, 3.8) is 0 Å². The van der Waals surface area contributed by atoms with E-state index in [0.717, 1.165) is 99.9 Å². The van der Waals surface area contributed by atoms with Crippen molar-refractivity contribution in [3.8, 4) is 0 Å². The number of thioether (sulfide) groups is 2. The average Bonchev–Trinajstić information content (AvgIpc) is 3.27. The van der Waals surface area contributed by atoms with Crippen LogP contribution in [0.15, 0.2) is 34.1 Å². The molecule has 59 heavy (non-hydrogen) atoms. The highest BCUT2D eigenvalue weighted by molar-refractivity contribution is 7.99. The summed E-state index contributed by atoms with van der Waals surface area (Å²) in [5.74, 6) is 1.87. The number of hydrogen-bond acceptors (Lipinski definition) is 13. The van der Waals surface area contributed by atoms with Crippen LogP contribution < -0.4 is 42.5 Å². The molecule has 8 rings (SSSR count). The molecule has 328 valence electrons. The molecule has 8 N–H and O–H groups in total. The summed E-state index contributed by atoms with van der Waals surface area (Å²) in [7, 11) is 0. The lowest BCUT2D eigenvalue weighted by molar-refractivity contribution is 0.167. The highest BCUT2D eigenvalue weighted by Gasteiger charge is 2.29. The van der Waals surface area contributed by atoms with Crippen LogP contribution in [0.4, 0.5) is 0 Å². The minimum atomic E-state index is 0.503. The van der Waals surface area contributed by atoms with E-state index in [-0.39, 0.29) is 0 Å². The molecular weight excluding hydrogens is 773 g/mol. The summed E-state index contributed by atoms with van der Waals surface area (Å²) in [4.78, 5) is 13.0. The Kier molecular flexibility index (Phi) is 17.9. The summed E-state index contributed by atoms with van der Waals surface area (Å²) in [5.41, 5.74) is 4.64. The van der Waals surface area contributed by atoms with Crippen molar-refractivity contribution in [1.82, 2.24) is 52.5 Å². The number of ether oxygens (including phenoxy) is 1. The van der Waals surface area contributed by atoms with Crippen molar-refractivity contribution in [1.29, 1.82) is 0 Å². The van der Waals surface area contributed by atoms with Gasteiger partial charge in [-0.05, 0) is 75.6 Å². The SMILES string of the molecule is c1c(SCCOCCSc2cc3nc(c2)CN[C@@H]2CCCC[C@H]2NCCN[C@@H]2CCCC[C@H]2NC3)cc2nc1CN[C@@H]1CCCC[C@H]1NCCN[C@@H]1CCCC[C@H]1NC2. The molecule has 2 aliphatic heterocycles. The highest BCUT2D eigenvalue weighted by atomic mass is 32.2. The van der Waals surface area contributed by atoms with Gasteiger partial charge in [-0.25, -0.2) is 0 Å². The van der Waals surface area contributed by atoms with Gasteiger partial charge in [-0.15, -0.1) is 23.5 Å². The Hall–Kier alpha value is -1.36. The van der Waals surface area contributed by atoms with E-state index in [2.05, 4.69) is 66.8 Å². The third-order valence-corrected chi connectivity index (χ3v) is 15.8. The first-order chi connectivity index (χ1) is 29.2. The van der Waals surface area contributed by atoms with Crippen LogP contribution in [-0.4, -0.2) is 109 Å². The van der Waals surface area contributed by atoms with Gasteiger partial charge in [0.1, 0.15) is 0 Å². The van der Waals surface area contributed by atoms with Gasteiger partial charge in [0.15, 0.2) is 0 Å². The molecule has 0 aromatic carbocycles. The number of nitrogens with one attached hydrogen (secondary N) is 8. The molecule has 4 saturated carbocycles. The van der Waals surface area contributed by atoms with Crippen molar-refractivity contribution in [2.45, 2.75) is 187 Å². The second-order valence-electron chi connectivity index (χ2n) is 18.2. The van der Waals surface area contributed by atoms with E-state index in [1.54, 1.807) is 0 Å². The first-order valence-corrected chi connectivity index (χ1v) is 25.9. The number of nitrogens with zero attached hydrogens (tertiary/aromatic N) is 2. The first kappa shape index (κ1) is 44.3. The zero-order valence-electron chi connectivity index (χ0n) is 35.8. The largest absolute Gasteiger partial charge is 0.380 e. The normalized spacial score (nSPS) is 31.7. The second kappa shape index (κ2) is 23.9. The summed E-state index contributed by atoms with van der Waals surface area (Å²) in [6, 6.07) is 13.4. The van der Waals surface area contributed by atoms with Gasteiger partial charge in [0, 0.05) is 122 Å². The Labute approximate surface area is 364 Å². The maximum absolute atomic E-state index is 6.26. The molecule has 2 aromatic rings. The summed E-state index contributed by atoms with van der Waals surface area (Å²) in [6.45, 7) is 8.94. The topological polar surface area (TPSA) is 131 Å². The Balaban J connectivity index is 0.841. The second-order valence-corrected chi connectivity index (χ2v) is 20.5. The summed E-state index contributed by atoms with van der Waals surface area (Å²) < 4.78 is 6.26. The fourth-order valence-corrected chi connectivity index (χ4v) is 12.5.